The predicted molar refractivity (Wildman–Crippen MR) is 133 cm³/mol. The van der Waals surface area contributed by atoms with E-state index < -0.39 is 17.9 Å². The van der Waals surface area contributed by atoms with E-state index in [2.05, 4.69) is 32.8 Å². The van der Waals surface area contributed by atoms with Crippen molar-refractivity contribution < 1.29 is 33.3 Å². The first-order valence-corrected chi connectivity index (χ1v) is 13.3. The molecule has 0 amide bonds. The largest absolute Gasteiger partial charge is 0.462 e. The molecule has 0 aliphatic carbocycles. The maximum atomic E-state index is 12.2. The van der Waals surface area contributed by atoms with Crippen molar-refractivity contribution in [3.05, 3.63) is 0 Å². The summed E-state index contributed by atoms with van der Waals surface area (Å²) in [7, 11) is 4.26. The van der Waals surface area contributed by atoms with Gasteiger partial charge in [0.1, 0.15) is 6.10 Å². The van der Waals surface area contributed by atoms with E-state index in [1.54, 1.807) is 6.92 Å². The lowest BCUT2D eigenvalue weighted by Crippen LogP contribution is -2.42. The Morgan fingerprint density at radius 1 is 0.886 bits per heavy atom. The molecule has 2 saturated heterocycles. The van der Waals surface area contributed by atoms with Gasteiger partial charge in [-0.25, -0.2) is 0 Å². The van der Waals surface area contributed by atoms with Gasteiger partial charge in [-0.2, -0.15) is 0 Å². The Bertz CT molecular complexity index is 712. The minimum Gasteiger partial charge on any atom is -0.462 e. The number of hydrogen-bond donors (Lipinski definition) is 0. The second-order valence-corrected chi connectivity index (χ2v) is 10.8. The van der Waals surface area contributed by atoms with Gasteiger partial charge in [0, 0.05) is 31.7 Å². The number of carbonyl (C=O) groups excluding carboxylic acids is 3. The zero-order valence-electron chi connectivity index (χ0n) is 23.0. The predicted octanol–water partition coefficient (Wildman–Crippen LogP) is 4.13. The van der Waals surface area contributed by atoms with E-state index in [0.717, 1.165) is 38.5 Å². The molecule has 0 bridgehead atoms. The van der Waals surface area contributed by atoms with Gasteiger partial charge in [-0.15, -0.1) is 0 Å². The van der Waals surface area contributed by atoms with Crippen LogP contribution in [0.1, 0.15) is 86.5 Å². The SMILES string of the molecule is CCC[C@H](C[C@@H]1CC[C@H]([C@@H](C)[C@H](OC(C)=O)[C@H](C)[C@@H]2CC[C@H]([C@@H](C)C(=O)OC(C)=O)O2)O1)N(C)C. The summed E-state index contributed by atoms with van der Waals surface area (Å²) in [5.74, 6) is -2.07. The van der Waals surface area contributed by atoms with Crippen molar-refractivity contribution in [1.82, 2.24) is 4.90 Å². The van der Waals surface area contributed by atoms with Crippen LogP contribution in [-0.4, -0.2) is 73.5 Å². The van der Waals surface area contributed by atoms with E-state index in [-0.39, 0.29) is 48.3 Å². The van der Waals surface area contributed by atoms with Crippen LogP contribution in [0.15, 0.2) is 0 Å². The van der Waals surface area contributed by atoms with Crippen LogP contribution in [0.4, 0.5) is 0 Å². The Labute approximate surface area is 211 Å². The summed E-state index contributed by atoms with van der Waals surface area (Å²) in [6.45, 7) is 10.7. The van der Waals surface area contributed by atoms with Crippen LogP contribution in [0.3, 0.4) is 0 Å². The topological polar surface area (TPSA) is 91.4 Å². The van der Waals surface area contributed by atoms with E-state index in [1.165, 1.54) is 13.8 Å². The lowest BCUT2D eigenvalue weighted by Gasteiger charge is -2.35. The third-order valence-corrected chi connectivity index (χ3v) is 7.80. The first kappa shape index (κ1) is 29.7. The molecule has 2 aliphatic heterocycles. The molecule has 0 spiro atoms. The third-order valence-electron chi connectivity index (χ3n) is 7.80. The fourth-order valence-corrected chi connectivity index (χ4v) is 5.66. The average Bonchev–Trinajstić information content (AvgIpc) is 3.45. The normalized spacial score (nSPS) is 28.8. The van der Waals surface area contributed by atoms with Crippen molar-refractivity contribution in [1.29, 1.82) is 0 Å². The Balaban J connectivity index is 2.01. The van der Waals surface area contributed by atoms with Crippen LogP contribution >= 0.6 is 0 Å². The number of hydrogen-bond acceptors (Lipinski definition) is 8. The quantitative estimate of drug-likeness (QED) is 0.294. The van der Waals surface area contributed by atoms with Crippen LogP contribution in [0, 0.1) is 17.8 Å². The maximum Gasteiger partial charge on any atom is 0.318 e. The highest BCUT2D eigenvalue weighted by Crippen LogP contribution is 2.38. The third kappa shape index (κ3) is 8.53. The fourth-order valence-electron chi connectivity index (χ4n) is 5.66. The first-order valence-electron chi connectivity index (χ1n) is 13.3. The number of esters is 3. The molecule has 9 atom stereocenters. The first-order chi connectivity index (χ1) is 16.4. The van der Waals surface area contributed by atoms with E-state index in [0.29, 0.717) is 12.5 Å². The molecule has 8 heteroatoms. The highest BCUT2D eigenvalue weighted by Gasteiger charge is 2.44. The lowest BCUT2D eigenvalue weighted by atomic mass is 9.84. The van der Waals surface area contributed by atoms with Crippen LogP contribution in [0.2, 0.25) is 0 Å². The summed E-state index contributed by atoms with van der Waals surface area (Å²) in [5, 5.41) is 0. The molecule has 2 aliphatic rings. The van der Waals surface area contributed by atoms with Gasteiger partial charge in [0.2, 0.25) is 0 Å². The maximum absolute atomic E-state index is 12.2. The molecular formula is C27H47NO7. The Morgan fingerprint density at radius 2 is 1.46 bits per heavy atom. The van der Waals surface area contributed by atoms with Gasteiger partial charge < -0.3 is 23.8 Å². The van der Waals surface area contributed by atoms with E-state index >= 15 is 0 Å². The van der Waals surface area contributed by atoms with Crippen molar-refractivity contribution in [3.8, 4) is 0 Å². The molecule has 35 heavy (non-hydrogen) atoms. The zero-order valence-corrected chi connectivity index (χ0v) is 23.0. The molecule has 0 aromatic rings. The van der Waals surface area contributed by atoms with Crippen LogP contribution < -0.4 is 0 Å². The highest BCUT2D eigenvalue weighted by atomic mass is 16.6. The van der Waals surface area contributed by atoms with E-state index in [9.17, 15) is 14.4 Å². The molecular weight excluding hydrogens is 450 g/mol. The monoisotopic (exact) mass is 497 g/mol. The van der Waals surface area contributed by atoms with Gasteiger partial charge in [0.15, 0.2) is 0 Å². The van der Waals surface area contributed by atoms with E-state index in [4.69, 9.17) is 18.9 Å². The molecule has 2 fully saturated rings. The second-order valence-electron chi connectivity index (χ2n) is 10.8. The van der Waals surface area contributed by atoms with Gasteiger partial charge in [0.25, 0.3) is 0 Å². The minimum absolute atomic E-state index is 0.0191. The summed E-state index contributed by atoms with van der Waals surface area (Å²) < 4.78 is 23.3. The fraction of sp³-hybridized carbons (Fsp3) is 0.889. The van der Waals surface area contributed by atoms with Crippen molar-refractivity contribution in [3.63, 3.8) is 0 Å². The molecule has 0 aromatic heterocycles. The molecule has 0 aromatic carbocycles. The van der Waals surface area contributed by atoms with Gasteiger partial charge >= 0.3 is 17.9 Å². The summed E-state index contributed by atoms with van der Waals surface area (Å²) in [6, 6.07) is 0.503. The summed E-state index contributed by atoms with van der Waals surface area (Å²) >= 11 is 0. The Morgan fingerprint density at radius 3 is 2.00 bits per heavy atom. The molecule has 2 rings (SSSR count). The number of nitrogens with zero attached hydrogens (tertiary/aromatic N) is 1. The van der Waals surface area contributed by atoms with E-state index in [1.807, 2.05) is 6.92 Å². The Kier molecular flexibility index (Phi) is 11.6. The van der Waals surface area contributed by atoms with Gasteiger partial charge in [-0.3, -0.25) is 14.4 Å². The average molecular weight is 498 g/mol. The smallest absolute Gasteiger partial charge is 0.318 e. The van der Waals surface area contributed by atoms with Crippen molar-refractivity contribution >= 4 is 17.9 Å². The molecule has 2 heterocycles. The van der Waals surface area contributed by atoms with Crippen LogP contribution in [0.25, 0.3) is 0 Å². The molecule has 0 saturated carbocycles. The van der Waals surface area contributed by atoms with Gasteiger partial charge in [-0.1, -0.05) is 27.2 Å². The summed E-state index contributed by atoms with van der Waals surface area (Å²) in [6.07, 6.45) is 6.14. The molecule has 8 nitrogen and oxygen atoms in total. The molecule has 0 unspecified atom stereocenters. The summed E-state index contributed by atoms with van der Waals surface area (Å²) in [4.78, 5) is 37.6. The van der Waals surface area contributed by atoms with Crippen LogP contribution in [-0.2, 0) is 33.3 Å². The summed E-state index contributed by atoms with van der Waals surface area (Å²) in [5.41, 5.74) is 0. The number of carbonyl (C=O) groups is 3. The molecule has 0 N–H and O–H groups in total. The van der Waals surface area contributed by atoms with Crippen LogP contribution in [0.5, 0.6) is 0 Å². The Hall–Kier alpha value is -1.51. The second kappa shape index (κ2) is 13.7. The number of ether oxygens (including phenoxy) is 4. The number of rotatable bonds is 12. The molecule has 202 valence electrons. The molecule has 0 radical (unpaired) electrons. The minimum atomic E-state index is -0.616. The van der Waals surface area contributed by atoms with Crippen molar-refractivity contribution in [2.24, 2.45) is 17.8 Å². The van der Waals surface area contributed by atoms with Gasteiger partial charge in [-0.05, 0) is 59.5 Å². The van der Waals surface area contributed by atoms with Crippen molar-refractivity contribution in [2.75, 3.05) is 14.1 Å². The van der Waals surface area contributed by atoms with Gasteiger partial charge in [0.05, 0.1) is 30.3 Å². The standard InChI is InChI=1S/C27H47NO7/c1-9-10-21(28(7)8)15-22-11-12-23(34-22)16(2)26(32-19(5)29)17(3)24-13-14-25(35-24)18(4)27(31)33-20(6)30/h16-18,21-26H,9-15H2,1-8H3/t16-,17-,18-,21-,22+,23-,24+,25-,26+/m1/s1. The van der Waals surface area contributed by atoms with Crippen molar-refractivity contribution in [2.45, 2.75) is 123 Å². The lowest BCUT2D eigenvalue weighted by molar-refractivity contribution is -0.166. The zero-order chi connectivity index (χ0) is 26.3. The highest BCUT2D eigenvalue weighted by molar-refractivity contribution is 5.85.